The quantitative estimate of drug-likeness (QED) is 0.387. The standard InChI is InChI=1S/C8H15ClN2.ClH/c1-4-10-6-11-8(9)5-7(2)3;/h7-8H,4-5H2,1-3H3;1H. The molecule has 1 atom stereocenters. The summed E-state index contributed by atoms with van der Waals surface area (Å²) < 4.78 is 0. The maximum absolute atomic E-state index is 5.82. The minimum atomic E-state index is -0.162. The Balaban J connectivity index is 0. The number of alkyl halides is 1. The molecule has 0 heterocycles. The topological polar surface area (TPSA) is 24.7 Å². The highest BCUT2D eigenvalue weighted by atomic mass is 35.5. The minimum Gasteiger partial charge on any atom is -0.226 e. The zero-order valence-electron chi connectivity index (χ0n) is 7.75. The molecule has 0 radical (unpaired) electrons. The van der Waals surface area contributed by atoms with Gasteiger partial charge in [-0.2, -0.15) is 0 Å². The molecule has 0 spiro atoms. The zero-order valence-corrected chi connectivity index (χ0v) is 9.32. The van der Waals surface area contributed by atoms with E-state index < -0.39 is 0 Å². The second kappa shape index (κ2) is 9.05. The first-order chi connectivity index (χ1) is 5.16. The molecule has 0 aromatic carbocycles. The highest BCUT2D eigenvalue weighted by Crippen LogP contribution is 2.10. The summed E-state index contributed by atoms with van der Waals surface area (Å²) in [6.07, 6.45) is 0.883. The molecule has 0 aliphatic rings. The molecular weight excluding hydrogens is 195 g/mol. The van der Waals surface area contributed by atoms with Crippen LogP contribution in [-0.2, 0) is 0 Å². The van der Waals surface area contributed by atoms with Crippen LogP contribution in [-0.4, -0.2) is 18.1 Å². The Morgan fingerprint density at radius 3 is 2.42 bits per heavy atom. The normalized spacial score (nSPS) is 11.4. The maximum Gasteiger partial charge on any atom is 0.134 e. The summed E-state index contributed by atoms with van der Waals surface area (Å²) in [5.41, 5.74) is -0.162. The lowest BCUT2D eigenvalue weighted by atomic mass is 10.1. The monoisotopic (exact) mass is 210 g/mol. The predicted molar refractivity (Wildman–Crippen MR) is 56.7 cm³/mol. The third kappa shape index (κ3) is 9.96. The predicted octanol–water partition coefficient (Wildman–Crippen LogP) is 3.21. The van der Waals surface area contributed by atoms with Crippen LogP contribution in [0.3, 0.4) is 0 Å². The van der Waals surface area contributed by atoms with Crippen LogP contribution in [0.15, 0.2) is 9.98 Å². The first kappa shape index (κ1) is 14.5. The van der Waals surface area contributed by atoms with Crippen LogP contribution in [0.5, 0.6) is 0 Å². The van der Waals surface area contributed by atoms with Gasteiger partial charge in [0.15, 0.2) is 0 Å². The van der Waals surface area contributed by atoms with E-state index in [1.165, 1.54) is 0 Å². The Bertz CT molecular complexity index is 151. The number of rotatable bonds is 4. The van der Waals surface area contributed by atoms with Gasteiger partial charge in [0.05, 0.1) is 6.01 Å². The summed E-state index contributed by atoms with van der Waals surface area (Å²) in [5, 5.41) is 0. The van der Waals surface area contributed by atoms with Crippen LogP contribution >= 0.6 is 24.0 Å². The molecule has 0 N–H and O–H groups in total. The van der Waals surface area contributed by atoms with Crippen molar-refractivity contribution in [1.82, 2.24) is 0 Å². The fraction of sp³-hybridized carbons (Fsp3) is 0.875. The molecule has 0 saturated heterocycles. The minimum absolute atomic E-state index is 0. The van der Waals surface area contributed by atoms with Gasteiger partial charge in [0.2, 0.25) is 0 Å². The van der Waals surface area contributed by atoms with Gasteiger partial charge in [-0.1, -0.05) is 25.4 Å². The Morgan fingerprint density at radius 1 is 1.42 bits per heavy atom. The van der Waals surface area contributed by atoms with Crippen molar-refractivity contribution in [2.45, 2.75) is 32.7 Å². The van der Waals surface area contributed by atoms with Gasteiger partial charge in [-0.15, -0.1) is 12.4 Å². The molecule has 0 aliphatic carbocycles. The Labute approximate surface area is 85.5 Å². The van der Waals surface area contributed by atoms with E-state index in [1.54, 1.807) is 0 Å². The van der Waals surface area contributed by atoms with Crippen LogP contribution in [0, 0.1) is 5.92 Å². The van der Waals surface area contributed by atoms with Crippen molar-refractivity contribution in [3.8, 4) is 0 Å². The van der Waals surface area contributed by atoms with Crippen molar-refractivity contribution in [3.05, 3.63) is 0 Å². The summed E-state index contributed by atoms with van der Waals surface area (Å²) in [7, 11) is 0. The molecule has 0 aromatic rings. The molecule has 2 nitrogen and oxygen atoms in total. The van der Waals surface area contributed by atoms with Gasteiger partial charge < -0.3 is 0 Å². The van der Waals surface area contributed by atoms with Crippen LogP contribution in [0.4, 0.5) is 0 Å². The SMILES string of the molecule is CCN=C=NC(Cl)CC(C)C.Cl. The number of hydrogen-bond acceptors (Lipinski definition) is 2. The highest BCUT2D eigenvalue weighted by molar-refractivity contribution is 6.20. The molecule has 4 heteroatoms. The zero-order chi connectivity index (χ0) is 8.69. The van der Waals surface area contributed by atoms with E-state index >= 15 is 0 Å². The van der Waals surface area contributed by atoms with E-state index in [9.17, 15) is 0 Å². The van der Waals surface area contributed by atoms with Gasteiger partial charge >= 0.3 is 0 Å². The van der Waals surface area contributed by atoms with E-state index in [0.717, 1.165) is 13.0 Å². The molecule has 0 aliphatic heterocycles. The van der Waals surface area contributed by atoms with Gasteiger partial charge in [0, 0.05) is 6.54 Å². The first-order valence-corrected chi connectivity index (χ1v) is 4.35. The average molecular weight is 211 g/mol. The van der Waals surface area contributed by atoms with E-state index in [2.05, 4.69) is 29.8 Å². The number of nitrogens with zero attached hydrogens (tertiary/aromatic N) is 2. The third-order valence-corrected chi connectivity index (χ3v) is 1.37. The van der Waals surface area contributed by atoms with Gasteiger partial charge in [0.25, 0.3) is 0 Å². The van der Waals surface area contributed by atoms with Crippen molar-refractivity contribution in [3.63, 3.8) is 0 Å². The summed E-state index contributed by atoms with van der Waals surface area (Å²) in [4.78, 5) is 7.72. The molecule has 0 saturated carbocycles. The molecule has 0 amide bonds. The molecule has 1 unspecified atom stereocenters. The van der Waals surface area contributed by atoms with Crippen LogP contribution in [0.2, 0.25) is 0 Å². The van der Waals surface area contributed by atoms with E-state index in [1.807, 2.05) is 6.92 Å². The Kier molecular flexibility index (Phi) is 10.9. The van der Waals surface area contributed by atoms with Crippen molar-refractivity contribution in [2.24, 2.45) is 15.9 Å². The van der Waals surface area contributed by atoms with Gasteiger partial charge in [-0.3, -0.25) is 0 Å². The van der Waals surface area contributed by atoms with Crippen molar-refractivity contribution in [1.29, 1.82) is 0 Å². The van der Waals surface area contributed by atoms with Gasteiger partial charge in [0.1, 0.15) is 5.50 Å². The fourth-order valence-electron chi connectivity index (χ4n) is 0.616. The van der Waals surface area contributed by atoms with Crippen molar-refractivity contribution < 1.29 is 0 Å². The van der Waals surface area contributed by atoms with Crippen molar-refractivity contribution in [2.75, 3.05) is 6.54 Å². The van der Waals surface area contributed by atoms with Crippen molar-refractivity contribution >= 4 is 30.0 Å². The van der Waals surface area contributed by atoms with E-state index in [4.69, 9.17) is 11.6 Å². The lowest BCUT2D eigenvalue weighted by Crippen LogP contribution is -1.98. The Morgan fingerprint density at radius 2 is 2.00 bits per heavy atom. The van der Waals surface area contributed by atoms with Gasteiger partial charge in [-0.05, 0) is 19.3 Å². The van der Waals surface area contributed by atoms with Crippen LogP contribution in [0.25, 0.3) is 0 Å². The van der Waals surface area contributed by atoms with Crippen LogP contribution < -0.4 is 0 Å². The smallest absolute Gasteiger partial charge is 0.134 e. The average Bonchev–Trinajstić information content (AvgIpc) is 1.86. The molecule has 72 valence electrons. The molecular formula is C8H16Cl2N2. The summed E-state index contributed by atoms with van der Waals surface area (Å²) in [5.74, 6) is 0.574. The highest BCUT2D eigenvalue weighted by Gasteiger charge is 2.02. The van der Waals surface area contributed by atoms with Crippen LogP contribution in [0.1, 0.15) is 27.2 Å². The fourth-order valence-corrected chi connectivity index (χ4v) is 1.02. The summed E-state index contributed by atoms with van der Waals surface area (Å²) >= 11 is 5.82. The summed E-state index contributed by atoms with van der Waals surface area (Å²) in [6, 6.07) is 2.56. The molecule has 0 fully saturated rings. The maximum atomic E-state index is 5.82. The van der Waals surface area contributed by atoms with E-state index in [0.29, 0.717) is 5.92 Å². The number of aliphatic imine (C=N–C) groups is 2. The molecule has 0 rings (SSSR count). The molecule has 12 heavy (non-hydrogen) atoms. The second-order valence-electron chi connectivity index (χ2n) is 2.77. The largest absolute Gasteiger partial charge is 0.226 e. The number of halogens is 2. The molecule has 0 bridgehead atoms. The van der Waals surface area contributed by atoms with E-state index in [-0.39, 0.29) is 17.9 Å². The molecule has 0 aromatic heterocycles. The van der Waals surface area contributed by atoms with Gasteiger partial charge in [-0.25, -0.2) is 9.98 Å². The summed E-state index contributed by atoms with van der Waals surface area (Å²) in [6.45, 7) is 6.88. The first-order valence-electron chi connectivity index (χ1n) is 3.92. The number of hydrogen-bond donors (Lipinski definition) is 0. The second-order valence-corrected chi connectivity index (χ2v) is 3.27. The lowest BCUT2D eigenvalue weighted by molar-refractivity contribution is 0.573. The lowest BCUT2D eigenvalue weighted by Gasteiger charge is -2.03. The Hall–Kier alpha value is -0.0400. The third-order valence-electron chi connectivity index (χ3n) is 1.09.